The van der Waals surface area contributed by atoms with Crippen LogP contribution in [0.5, 0.6) is 0 Å². The summed E-state index contributed by atoms with van der Waals surface area (Å²) in [7, 11) is 0. The number of hydrogen-bond donors (Lipinski definition) is 2. The van der Waals surface area contributed by atoms with Crippen molar-refractivity contribution >= 4 is 5.91 Å². The SMILES string of the molecule is CC=CC=CC=CCCC=CC(=O)NCC(O)(CCCC)CCCCC. The number of hydrogen-bond acceptors (Lipinski definition) is 2. The van der Waals surface area contributed by atoms with E-state index in [1.807, 2.05) is 43.4 Å². The van der Waals surface area contributed by atoms with E-state index in [-0.39, 0.29) is 5.91 Å². The third-order valence-electron chi connectivity index (χ3n) is 4.26. The second-order valence-corrected chi connectivity index (χ2v) is 6.82. The fourth-order valence-corrected chi connectivity index (χ4v) is 2.62. The molecule has 1 unspecified atom stereocenters. The summed E-state index contributed by atoms with van der Waals surface area (Å²) in [5, 5.41) is 13.7. The number of allylic oxidation sites excluding steroid dienone is 7. The molecule has 2 N–H and O–H groups in total. The van der Waals surface area contributed by atoms with Gasteiger partial charge in [-0.1, -0.05) is 88.5 Å². The Morgan fingerprint density at radius 2 is 1.58 bits per heavy atom. The lowest BCUT2D eigenvalue weighted by Crippen LogP contribution is -2.42. The lowest BCUT2D eigenvalue weighted by molar-refractivity contribution is -0.118. The molecule has 3 heteroatoms. The predicted octanol–water partition coefficient (Wildman–Crippen LogP) is 5.63. The first-order valence-electron chi connectivity index (χ1n) is 10.2. The van der Waals surface area contributed by atoms with Crippen molar-refractivity contribution in [2.24, 2.45) is 0 Å². The van der Waals surface area contributed by atoms with E-state index in [1.165, 1.54) is 0 Å². The van der Waals surface area contributed by atoms with Gasteiger partial charge >= 0.3 is 0 Å². The Kier molecular flexibility index (Phi) is 15.8. The molecule has 0 aliphatic rings. The van der Waals surface area contributed by atoms with Crippen LogP contribution in [0.3, 0.4) is 0 Å². The molecule has 148 valence electrons. The van der Waals surface area contributed by atoms with E-state index in [0.29, 0.717) is 6.54 Å². The van der Waals surface area contributed by atoms with Gasteiger partial charge in [-0.15, -0.1) is 0 Å². The van der Waals surface area contributed by atoms with Crippen molar-refractivity contribution < 1.29 is 9.90 Å². The van der Waals surface area contributed by atoms with Crippen molar-refractivity contribution in [1.29, 1.82) is 0 Å². The molecule has 0 aromatic rings. The molecule has 0 heterocycles. The molecule has 26 heavy (non-hydrogen) atoms. The van der Waals surface area contributed by atoms with Gasteiger partial charge in [0.25, 0.3) is 0 Å². The van der Waals surface area contributed by atoms with Gasteiger partial charge in [0, 0.05) is 6.54 Å². The maximum Gasteiger partial charge on any atom is 0.243 e. The highest BCUT2D eigenvalue weighted by molar-refractivity contribution is 5.87. The molecule has 0 aromatic carbocycles. The van der Waals surface area contributed by atoms with Crippen molar-refractivity contribution in [2.45, 2.75) is 84.2 Å². The van der Waals surface area contributed by atoms with Crippen LogP contribution in [0.2, 0.25) is 0 Å². The zero-order chi connectivity index (χ0) is 19.5. The summed E-state index contributed by atoms with van der Waals surface area (Å²) in [6.45, 7) is 6.61. The Morgan fingerprint density at radius 3 is 2.27 bits per heavy atom. The van der Waals surface area contributed by atoms with Gasteiger partial charge in [0.2, 0.25) is 5.91 Å². The normalized spacial score (nSPS) is 14.8. The number of amides is 1. The highest BCUT2D eigenvalue weighted by atomic mass is 16.3. The third-order valence-corrected chi connectivity index (χ3v) is 4.26. The van der Waals surface area contributed by atoms with Crippen LogP contribution >= 0.6 is 0 Å². The molecule has 1 atom stereocenters. The minimum absolute atomic E-state index is 0.118. The smallest absolute Gasteiger partial charge is 0.243 e. The van der Waals surface area contributed by atoms with Gasteiger partial charge in [-0.05, 0) is 38.7 Å². The maximum absolute atomic E-state index is 12.0. The molecule has 0 aromatic heterocycles. The molecular formula is C23H39NO2. The summed E-state index contributed by atoms with van der Waals surface area (Å²) in [5.41, 5.74) is -0.767. The van der Waals surface area contributed by atoms with E-state index in [4.69, 9.17) is 0 Å². The Morgan fingerprint density at radius 1 is 0.923 bits per heavy atom. The van der Waals surface area contributed by atoms with Crippen LogP contribution in [0, 0.1) is 0 Å². The van der Waals surface area contributed by atoms with Crippen molar-refractivity contribution in [2.75, 3.05) is 6.54 Å². The van der Waals surface area contributed by atoms with Crippen LogP contribution in [-0.4, -0.2) is 23.2 Å². The van der Waals surface area contributed by atoms with Crippen molar-refractivity contribution in [3.8, 4) is 0 Å². The summed E-state index contributed by atoms with van der Waals surface area (Å²) in [6, 6.07) is 0. The first kappa shape index (κ1) is 24.4. The number of rotatable bonds is 15. The second-order valence-electron chi connectivity index (χ2n) is 6.82. The van der Waals surface area contributed by atoms with Crippen LogP contribution < -0.4 is 5.32 Å². The van der Waals surface area contributed by atoms with E-state index in [9.17, 15) is 9.90 Å². The molecule has 0 saturated carbocycles. The van der Waals surface area contributed by atoms with E-state index < -0.39 is 5.60 Å². The lowest BCUT2D eigenvalue weighted by atomic mass is 9.90. The average molecular weight is 362 g/mol. The molecule has 0 rings (SSSR count). The number of carbonyl (C=O) groups is 1. The quantitative estimate of drug-likeness (QED) is 0.226. The summed E-state index contributed by atoms with van der Waals surface area (Å²) >= 11 is 0. The second kappa shape index (κ2) is 16.8. The van der Waals surface area contributed by atoms with Crippen LogP contribution in [0.25, 0.3) is 0 Å². The first-order valence-corrected chi connectivity index (χ1v) is 10.2. The predicted molar refractivity (Wildman–Crippen MR) is 113 cm³/mol. The molecule has 0 aliphatic carbocycles. The number of nitrogens with one attached hydrogen (secondary N) is 1. The fraction of sp³-hybridized carbons (Fsp3) is 0.609. The number of unbranched alkanes of at least 4 members (excludes halogenated alkanes) is 4. The van der Waals surface area contributed by atoms with Gasteiger partial charge in [-0.25, -0.2) is 0 Å². The van der Waals surface area contributed by atoms with Crippen molar-refractivity contribution in [3.05, 3.63) is 48.6 Å². The minimum Gasteiger partial charge on any atom is -0.388 e. The largest absolute Gasteiger partial charge is 0.388 e. The third kappa shape index (κ3) is 14.7. The van der Waals surface area contributed by atoms with Gasteiger partial charge in [0.05, 0.1) is 5.60 Å². The van der Waals surface area contributed by atoms with E-state index in [2.05, 4.69) is 25.2 Å². The lowest BCUT2D eigenvalue weighted by Gasteiger charge is -2.28. The van der Waals surface area contributed by atoms with Gasteiger partial charge in [0.15, 0.2) is 0 Å². The van der Waals surface area contributed by atoms with Crippen LogP contribution in [-0.2, 0) is 4.79 Å². The zero-order valence-corrected chi connectivity index (χ0v) is 17.0. The average Bonchev–Trinajstić information content (AvgIpc) is 2.64. The Hall–Kier alpha value is -1.61. The molecule has 0 fully saturated rings. The van der Waals surface area contributed by atoms with Gasteiger partial charge in [-0.3, -0.25) is 4.79 Å². The maximum atomic E-state index is 12.0. The zero-order valence-electron chi connectivity index (χ0n) is 17.0. The Bertz CT molecular complexity index is 463. The topological polar surface area (TPSA) is 49.3 Å². The van der Waals surface area contributed by atoms with Crippen LogP contribution in [0.4, 0.5) is 0 Å². The highest BCUT2D eigenvalue weighted by Gasteiger charge is 2.25. The minimum atomic E-state index is -0.767. The van der Waals surface area contributed by atoms with Crippen molar-refractivity contribution in [1.82, 2.24) is 5.32 Å². The molecule has 1 amide bonds. The van der Waals surface area contributed by atoms with Gasteiger partial charge in [0.1, 0.15) is 0 Å². The molecule has 0 spiro atoms. The van der Waals surface area contributed by atoms with E-state index in [1.54, 1.807) is 6.08 Å². The summed E-state index contributed by atoms with van der Waals surface area (Å²) in [4.78, 5) is 12.0. The summed E-state index contributed by atoms with van der Waals surface area (Å²) < 4.78 is 0. The van der Waals surface area contributed by atoms with Crippen LogP contribution in [0.15, 0.2) is 48.6 Å². The van der Waals surface area contributed by atoms with E-state index in [0.717, 1.165) is 57.8 Å². The Balaban J connectivity index is 4.16. The Labute approximate surface area is 161 Å². The van der Waals surface area contributed by atoms with E-state index >= 15 is 0 Å². The summed E-state index contributed by atoms with van der Waals surface area (Å²) in [6.07, 6.45) is 24.1. The van der Waals surface area contributed by atoms with Crippen molar-refractivity contribution in [3.63, 3.8) is 0 Å². The van der Waals surface area contributed by atoms with Gasteiger partial charge < -0.3 is 10.4 Å². The van der Waals surface area contributed by atoms with Gasteiger partial charge in [-0.2, -0.15) is 0 Å². The molecule has 0 saturated heterocycles. The molecule has 0 radical (unpaired) electrons. The number of aliphatic hydroxyl groups is 1. The molecule has 0 bridgehead atoms. The fourth-order valence-electron chi connectivity index (χ4n) is 2.62. The monoisotopic (exact) mass is 361 g/mol. The van der Waals surface area contributed by atoms with Crippen LogP contribution in [0.1, 0.15) is 78.6 Å². The molecule has 0 aliphatic heterocycles. The number of carbonyl (C=O) groups excluding carboxylic acids is 1. The summed E-state index contributed by atoms with van der Waals surface area (Å²) in [5.74, 6) is -0.118. The molecular weight excluding hydrogens is 322 g/mol. The highest BCUT2D eigenvalue weighted by Crippen LogP contribution is 2.21. The standard InChI is InChI=1S/C23H39NO2/c1-4-7-10-11-12-13-14-15-16-18-22(25)24-21-23(26,19-9-6-3)20-17-8-5-2/h4,7,10-13,16,18,26H,5-6,8-9,14-15,17,19-21H2,1-3H3,(H,24,25). The molecule has 3 nitrogen and oxygen atoms in total. The first-order chi connectivity index (χ1) is 12.6.